The van der Waals surface area contributed by atoms with Crippen molar-refractivity contribution in [2.45, 2.75) is 64.8 Å². The highest BCUT2D eigenvalue weighted by Gasteiger charge is 2.20. The van der Waals surface area contributed by atoms with Crippen molar-refractivity contribution in [3.63, 3.8) is 0 Å². The predicted molar refractivity (Wildman–Crippen MR) is 128 cm³/mol. The van der Waals surface area contributed by atoms with Crippen LogP contribution in [-0.2, 0) is 24.1 Å². The van der Waals surface area contributed by atoms with E-state index in [9.17, 15) is 9.90 Å². The fourth-order valence-electron chi connectivity index (χ4n) is 3.94. The molecule has 0 spiro atoms. The Morgan fingerprint density at radius 2 is 2.09 bits per heavy atom. The number of aryl methyl sites for hydroxylation is 1. The van der Waals surface area contributed by atoms with Crippen LogP contribution in [0.4, 0.5) is 11.8 Å². The van der Waals surface area contributed by atoms with Gasteiger partial charge in [0, 0.05) is 24.4 Å². The van der Waals surface area contributed by atoms with Crippen molar-refractivity contribution in [1.82, 2.24) is 30.6 Å². The van der Waals surface area contributed by atoms with Crippen LogP contribution >= 0.6 is 0 Å². The fourth-order valence-corrected chi connectivity index (χ4v) is 3.94. The third-order valence-electron chi connectivity index (χ3n) is 5.58. The van der Waals surface area contributed by atoms with Gasteiger partial charge in [0.05, 0.1) is 19.2 Å². The summed E-state index contributed by atoms with van der Waals surface area (Å²) >= 11 is 0. The lowest BCUT2D eigenvalue weighted by Crippen LogP contribution is -2.25. The molecule has 1 atom stereocenters. The van der Waals surface area contributed by atoms with Gasteiger partial charge in [-0.25, -0.2) is 4.98 Å². The van der Waals surface area contributed by atoms with E-state index in [0.717, 1.165) is 47.4 Å². The molecule has 3 aromatic rings. The highest BCUT2D eigenvalue weighted by Crippen LogP contribution is 2.29. The van der Waals surface area contributed by atoms with Crippen LogP contribution < -0.4 is 15.8 Å². The minimum atomic E-state index is -0.858. The van der Waals surface area contributed by atoms with Crippen LogP contribution in [-0.4, -0.2) is 54.8 Å². The summed E-state index contributed by atoms with van der Waals surface area (Å²) in [4.78, 5) is 20.4. The van der Waals surface area contributed by atoms with Gasteiger partial charge in [0.25, 0.3) is 0 Å². The maximum Gasteiger partial charge on any atom is 0.305 e. The van der Waals surface area contributed by atoms with Crippen LogP contribution in [0.3, 0.4) is 0 Å². The van der Waals surface area contributed by atoms with Crippen molar-refractivity contribution in [3.05, 3.63) is 46.4 Å². The van der Waals surface area contributed by atoms with E-state index < -0.39 is 5.97 Å². The van der Waals surface area contributed by atoms with Crippen molar-refractivity contribution in [1.29, 1.82) is 0 Å². The Morgan fingerprint density at radius 3 is 2.74 bits per heavy atom. The summed E-state index contributed by atoms with van der Waals surface area (Å²) < 4.78 is 5.62. The van der Waals surface area contributed by atoms with E-state index in [1.54, 1.807) is 7.11 Å². The molecule has 0 fully saturated rings. The molecule has 0 saturated heterocycles. The number of hydrogen-bond donors (Lipinski definition) is 4. The third kappa shape index (κ3) is 6.63. The van der Waals surface area contributed by atoms with Crippen molar-refractivity contribution >= 4 is 17.7 Å². The largest absolute Gasteiger partial charge is 0.496 e. The van der Waals surface area contributed by atoms with E-state index in [-0.39, 0.29) is 18.4 Å². The minimum Gasteiger partial charge on any atom is -0.496 e. The number of unbranched alkanes of at least 4 members (excludes halogenated alkanes) is 1. The van der Waals surface area contributed by atoms with Crippen molar-refractivity contribution in [2.24, 2.45) is 0 Å². The molecular weight excluding hydrogens is 436 g/mol. The number of aromatic nitrogens is 6. The molecule has 11 heteroatoms. The summed E-state index contributed by atoms with van der Waals surface area (Å²) in [6.45, 7) is 4.08. The number of aromatic amines is 1. The second-order valence-corrected chi connectivity index (χ2v) is 8.12. The van der Waals surface area contributed by atoms with Gasteiger partial charge in [0.2, 0.25) is 5.95 Å². The molecule has 5 N–H and O–H groups in total. The van der Waals surface area contributed by atoms with E-state index in [2.05, 4.69) is 42.8 Å². The molecule has 2 aromatic heterocycles. The molecule has 0 aliphatic heterocycles. The number of aliphatic carboxylic acids is 1. The zero-order valence-corrected chi connectivity index (χ0v) is 19.8. The molecule has 0 radical (unpaired) electrons. The van der Waals surface area contributed by atoms with Crippen LogP contribution in [0, 0.1) is 0 Å². The lowest BCUT2D eigenvalue weighted by molar-refractivity contribution is -0.137. The Balaban J connectivity index is 1.97. The van der Waals surface area contributed by atoms with Crippen LogP contribution in [0.25, 0.3) is 0 Å². The van der Waals surface area contributed by atoms with Gasteiger partial charge in [-0.05, 0) is 30.0 Å². The molecule has 3 rings (SSSR count). The summed E-state index contributed by atoms with van der Waals surface area (Å²) in [7, 11) is 1.63. The molecular formula is C23H32N8O3. The van der Waals surface area contributed by atoms with Crippen molar-refractivity contribution in [3.8, 4) is 5.75 Å². The van der Waals surface area contributed by atoms with Gasteiger partial charge in [0.1, 0.15) is 11.6 Å². The van der Waals surface area contributed by atoms with Gasteiger partial charge in [-0.2, -0.15) is 10.2 Å². The highest BCUT2D eigenvalue weighted by molar-refractivity contribution is 5.68. The van der Waals surface area contributed by atoms with Crippen LogP contribution in [0.1, 0.15) is 67.7 Å². The van der Waals surface area contributed by atoms with Gasteiger partial charge in [-0.1, -0.05) is 44.0 Å². The quantitative estimate of drug-likeness (QED) is 0.293. The fraction of sp³-hybridized carbons (Fsp3) is 0.478. The average Bonchev–Trinajstić information content (AvgIpc) is 3.31. The SMILES string of the molecule is CCCC[C@@H](CC(=O)O)Nc1nc(N)nc(CC)c1Cc1cc(Cc2nn[nH]n2)ccc1OC. The first kappa shape index (κ1) is 24.9. The van der Waals surface area contributed by atoms with Crippen molar-refractivity contribution in [2.75, 3.05) is 18.2 Å². The Bertz CT molecular complexity index is 1090. The number of nitrogens with zero attached hydrogens (tertiary/aromatic N) is 5. The molecule has 11 nitrogen and oxygen atoms in total. The minimum absolute atomic E-state index is 0.00564. The van der Waals surface area contributed by atoms with Crippen LogP contribution in [0.5, 0.6) is 5.75 Å². The number of anilines is 2. The first-order valence-corrected chi connectivity index (χ1v) is 11.4. The molecule has 0 unspecified atom stereocenters. The molecule has 0 amide bonds. The second kappa shape index (κ2) is 11.9. The van der Waals surface area contributed by atoms with E-state index >= 15 is 0 Å². The van der Waals surface area contributed by atoms with Crippen molar-refractivity contribution < 1.29 is 14.6 Å². The Hall–Kier alpha value is -3.76. The topological polar surface area (TPSA) is 165 Å². The number of benzene rings is 1. The molecule has 0 bridgehead atoms. The first-order chi connectivity index (χ1) is 16.4. The van der Waals surface area contributed by atoms with E-state index in [1.165, 1.54) is 0 Å². The van der Waals surface area contributed by atoms with Crippen LogP contribution in [0.2, 0.25) is 0 Å². The highest BCUT2D eigenvalue weighted by atomic mass is 16.5. The number of tetrazole rings is 1. The number of H-pyrrole nitrogens is 1. The van der Waals surface area contributed by atoms with E-state index in [1.807, 2.05) is 25.1 Å². The molecule has 0 aliphatic carbocycles. The third-order valence-corrected chi connectivity index (χ3v) is 5.58. The zero-order chi connectivity index (χ0) is 24.5. The summed E-state index contributed by atoms with van der Waals surface area (Å²) in [6, 6.07) is 5.66. The normalized spacial score (nSPS) is 11.9. The van der Waals surface area contributed by atoms with Crippen LogP contribution in [0.15, 0.2) is 18.2 Å². The number of carboxylic acids is 1. The number of nitrogen functional groups attached to an aromatic ring is 1. The molecule has 34 heavy (non-hydrogen) atoms. The molecule has 1 aromatic carbocycles. The van der Waals surface area contributed by atoms with E-state index in [4.69, 9.17) is 10.5 Å². The second-order valence-electron chi connectivity index (χ2n) is 8.12. The maximum absolute atomic E-state index is 11.4. The zero-order valence-electron chi connectivity index (χ0n) is 19.8. The average molecular weight is 469 g/mol. The first-order valence-electron chi connectivity index (χ1n) is 11.4. The summed E-state index contributed by atoms with van der Waals surface area (Å²) in [5, 5.41) is 26.9. The van der Waals surface area contributed by atoms with Gasteiger partial charge < -0.3 is 20.9 Å². The molecule has 2 heterocycles. The Labute approximate surface area is 198 Å². The van der Waals surface area contributed by atoms with E-state index in [0.29, 0.717) is 30.9 Å². The van der Waals surface area contributed by atoms with Gasteiger partial charge in [-0.3, -0.25) is 4.79 Å². The summed E-state index contributed by atoms with van der Waals surface area (Å²) in [5.41, 5.74) is 9.64. The number of carboxylic acid groups (broad SMARTS) is 1. The monoisotopic (exact) mass is 468 g/mol. The molecule has 0 aliphatic rings. The van der Waals surface area contributed by atoms with Gasteiger partial charge in [0.15, 0.2) is 5.82 Å². The maximum atomic E-state index is 11.4. The number of hydrogen-bond acceptors (Lipinski definition) is 9. The lowest BCUT2D eigenvalue weighted by Gasteiger charge is -2.22. The number of ether oxygens (including phenoxy) is 1. The number of nitrogens with one attached hydrogen (secondary N) is 2. The number of nitrogens with two attached hydrogens (primary N) is 1. The standard InChI is InChI=1S/C23H32N8O3/c1-4-6-7-16(13-21(32)33)25-22-17(18(5-2)26-23(24)27-22)12-15-10-14(8-9-19(15)34-3)11-20-28-30-31-29-20/h8-10,16H,4-7,11-13H2,1-3H3,(H,32,33)(H3,24,25,26,27)(H,28,29,30,31)/t16-/m0/s1. The Kier molecular flexibility index (Phi) is 8.72. The smallest absolute Gasteiger partial charge is 0.305 e. The summed E-state index contributed by atoms with van der Waals surface area (Å²) in [6.07, 6.45) is 4.26. The summed E-state index contributed by atoms with van der Waals surface area (Å²) in [5.74, 6) is 1.19. The number of methoxy groups -OCH3 is 1. The van der Waals surface area contributed by atoms with Gasteiger partial charge >= 0.3 is 5.97 Å². The predicted octanol–water partition coefficient (Wildman–Crippen LogP) is 2.77. The molecule has 182 valence electrons. The number of rotatable bonds is 13. The Morgan fingerprint density at radius 1 is 1.26 bits per heavy atom. The van der Waals surface area contributed by atoms with Gasteiger partial charge in [-0.15, -0.1) is 10.2 Å². The lowest BCUT2D eigenvalue weighted by atomic mass is 9.98. The molecule has 0 saturated carbocycles. The number of carbonyl (C=O) groups is 1.